The highest BCUT2D eigenvalue weighted by molar-refractivity contribution is 14.0. The monoisotopic (exact) mass is 468 g/mol. The van der Waals surface area contributed by atoms with Crippen molar-refractivity contribution in [1.82, 2.24) is 10.6 Å². The van der Waals surface area contributed by atoms with E-state index >= 15 is 0 Å². The minimum absolute atomic E-state index is 0. The summed E-state index contributed by atoms with van der Waals surface area (Å²) in [6, 6.07) is 10.8. The summed E-state index contributed by atoms with van der Waals surface area (Å²) in [5.41, 5.74) is 3.86. The molecular weight excluding hydrogens is 443 g/mol. The van der Waals surface area contributed by atoms with Crippen LogP contribution in [0.3, 0.4) is 0 Å². The standard InChI is InChI=1S/C19H24N4S.HI/c1-15-8-11-24-18(15)14-22-19(20-2)21-13-16-6-5-7-17(12-16)23-9-3-4-10-23;/h3-8,11-12H,9-10,13-14H2,1-2H3,(H2,20,21,22);1H. The van der Waals surface area contributed by atoms with E-state index in [9.17, 15) is 0 Å². The van der Waals surface area contributed by atoms with Crippen molar-refractivity contribution in [3.8, 4) is 0 Å². The van der Waals surface area contributed by atoms with Crippen molar-refractivity contribution in [3.63, 3.8) is 0 Å². The highest BCUT2D eigenvalue weighted by atomic mass is 127. The number of hydrogen-bond donors (Lipinski definition) is 2. The quantitative estimate of drug-likeness (QED) is 0.303. The number of aryl methyl sites for hydroxylation is 1. The largest absolute Gasteiger partial charge is 0.364 e. The van der Waals surface area contributed by atoms with Gasteiger partial charge in [-0.25, -0.2) is 0 Å². The number of nitrogens with zero attached hydrogens (tertiary/aromatic N) is 2. The lowest BCUT2D eigenvalue weighted by atomic mass is 10.2. The fraction of sp³-hybridized carbons (Fsp3) is 0.316. The molecule has 1 aliphatic rings. The molecule has 25 heavy (non-hydrogen) atoms. The van der Waals surface area contributed by atoms with Gasteiger partial charge in [0.2, 0.25) is 0 Å². The molecule has 0 radical (unpaired) electrons. The van der Waals surface area contributed by atoms with E-state index in [-0.39, 0.29) is 24.0 Å². The van der Waals surface area contributed by atoms with E-state index in [4.69, 9.17) is 0 Å². The Balaban J connectivity index is 0.00000225. The van der Waals surface area contributed by atoms with E-state index in [2.05, 4.69) is 75.3 Å². The first-order valence-electron chi connectivity index (χ1n) is 8.22. The van der Waals surface area contributed by atoms with Crippen LogP contribution >= 0.6 is 35.3 Å². The zero-order valence-electron chi connectivity index (χ0n) is 14.7. The van der Waals surface area contributed by atoms with Gasteiger partial charge in [0, 0.05) is 37.2 Å². The van der Waals surface area contributed by atoms with Crippen molar-refractivity contribution in [2.24, 2.45) is 4.99 Å². The van der Waals surface area contributed by atoms with Gasteiger partial charge in [-0.15, -0.1) is 35.3 Å². The molecule has 1 aliphatic heterocycles. The number of anilines is 1. The third-order valence-electron chi connectivity index (χ3n) is 4.16. The van der Waals surface area contributed by atoms with Crippen LogP contribution in [0.4, 0.5) is 5.69 Å². The first-order chi connectivity index (χ1) is 11.8. The second kappa shape index (κ2) is 9.82. The van der Waals surface area contributed by atoms with Gasteiger partial charge in [-0.2, -0.15) is 0 Å². The zero-order chi connectivity index (χ0) is 16.8. The molecule has 2 aromatic rings. The molecule has 3 rings (SSSR count). The van der Waals surface area contributed by atoms with Crippen molar-refractivity contribution in [2.45, 2.75) is 20.0 Å². The summed E-state index contributed by atoms with van der Waals surface area (Å²) in [5, 5.41) is 8.90. The molecule has 0 spiro atoms. The first-order valence-corrected chi connectivity index (χ1v) is 9.10. The van der Waals surface area contributed by atoms with Gasteiger partial charge in [0.25, 0.3) is 0 Å². The average molecular weight is 468 g/mol. The maximum atomic E-state index is 4.31. The number of rotatable bonds is 5. The number of guanidine groups is 1. The number of halogens is 1. The van der Waals surface area contributed by atoms with Crippen molar-refractivity contribution in [3.05, 3.63) is 63.9 Å². The number of hydrogen-bond acceptors (Lipinski definition) is 3. The minimum atomic E-state index is 0. The maximum Gasteiger partial charge on any atom is 0.191 e. The molecule has 4 nitrogen and oxygen atoms in total. The van der Waals surface area contributed by atoms with Gasteiger partial charge in [0.15, 0.2) is 5.96 Å². The van der Waals surface area contributed by atoms with Gasteiger partial charge in [0.05, 0.1) is 6.54 Å². The molecule has 6 heteroatoms. The molecule has 0 fully saturated rings. The van der Waals surface area contributed by atoms with E-state index in [1.165, 1.54) is 21.7 Å². The lowest BCUT2D eigenvalue weighted by molar-refractivity contribution is 0.813. The predicted molar refractivity (Wildman–Crippen MR) is 119 cm³/mol. The van der Waals surface area contributed by atoms with Gasteiger partial charge in [-0.05, 0) is 41.6 Å². The zero-order valence-corrected chi connectivity index (χ0v) is 17.8. The smallest absolute Gasteiger partial charge is 0.191 e. The van der Waals surface area contributed by atoms with Gasteiger partial charge >= 0.3 is 0 Å². The lowest BCUT2D eigenvalue weighted by Gasteiger charge is -2.19. The molecule has 0 atom stereocenters. The molecule has 0 saturated carbocycles. The van der Waals surface area contributed by atoms with Crippen LogP contribution in [0.2, 0.25) is 0 Å². The molecule has 0 saturated heterocycles. The van der Waals surface area contributed by atoms with Crippen LogP contribution in [0, 0.1) is 6.92 Å². The lowest BCUT2D eigenvalue weighted by Crippen LogP contribution is -2.36. The Morgan fingerprint density at radius 2 is 1.92 bits per heavy atom. The van der Waals surface area contributed by atoms with E-state index in [1.54, 1.807) is 11.3 Å². The summed E-state index contributed by atoms with van der Waals surface area (Å²) in [7, 11) is 1.81. The van der Waals surface area contributed by atoms with Crippen LogP contribution in [0.25, 0.3) is 0 Å². The molecule has 1 aromatic carbocycles. The topological polar surface area (TPSA) is 39.7 Å². The Morgan fingerprint density at radius 1 is 1.16 bits per heavy atom. The Kier molecular flexibility index (Phi) is 7.77. The summed E-state index contributed by atoms with van der Waals surface area (Å²) in [5.74, 6) is 0.830. The molecule has 0 amide bonds. The summed E-state index contributed by atoms with van der Waals surface area (Å²) in [4.78, 5) is 8.02. The number of benzene rings is 1. The molecule has 134 valence electrons. The van der Waals surface area contributed by atoms with Crippen molar-refractivity contribution in [2.75, 3.05) is 25.0 Å². The van der Waals surface area contributed by atoms with Gasteiger partial charge in [-0.3, -0.25) is 4.99 Å². The van der Waals surface area contributed by atoms with E-state index in [0.29, 0.717) is 0 Å². The SMILES string of the molecule is CN=C(NCc1cccc(N2CC=CC2)c1)NCc1sccc1C.I. The Hall–Kier alpha value is -1.54. The summed E-state index contributed by atoms with van der Waals surface area (Å²) >= 11 is 1.78. The number of aliphatic imine (C=N–C) groups is 1. The molecule has 1 aromatic heterocycles. The fourth-order valence-corrected chi connectivity index (χ4v) is 3.55. The van der Waals surface area contributed by atoms with E-state index in [0.717, 1.165) is 32.1 Å². The normalized spacial score (nSPS) is 13.7. The van der Waals surface area contributed by atoms with E-state index < -0.39 is 0 Å². The van der Waals surface area contributed by atoms with Crippen LogP contribution < -0.4 is 15.5 Å². The Morgan fingerprint density at radius 3 is 2.60 bits per heavy atom. The summed E-state index contributed by atoms with van der Waals surface area (Å²) < 4.78 is 0. The van der Waals surface area contributed by atoms with Crippen LogP contribution in [-0.4, -0.2) is 26.1 Å². The summed E-state index contributed by atoms with van der Waals surface area (Å²) in [6.07, 6.45) is 4.42. The van der Waals surface area contributed by atoms with E-state index in [1.807, 2.05) is 7.05 Å². The third-order valence-corrected chi connectivity index (χ3v) is 5.19. The average Bonchev–Trinajstić information content (AvgIpc) is 3.27. The third kappa shape index (κ3) is 5.47. The summed E-state index contributed by atoms with van der Waals surface area (Å²) in [6.45, 7) is 5.71. The van der Waals surface area contributed by atoms with Gasteiger partial charge in [0.1, 0.15) is 0 Å². The first kappa shape index (κ1) is 19.8. The highest BCUT2D eigenvalue weighted by Crippen LogP contribution is 2.18. The van der Waals surface area contributed by atoms with Crippen LogP contribution in [0.5, 0.6) is 0 Å². The molecular formula is C19H25IN4S. The Bertz CT molecular complexity index is 731. The second-order valence-electron chi connectivity index (χ2n) is 5.85. The second-order valence-corrected chi connectivity index (χ2v) is 6.85. The molecule has 0 aliphatic carbocycles. The maximum absolute atomic E-state index is 4.31. The van der Waals surface area contributed by atoms with Crippen molar-refractivity contribution < 1.29 is 0 Å². The molecule has 0 bridgehead atoms. The fourth-order valence-electron chi connectivity index (χ4n) is 2.71. The highest BCUT2D eigenvalue weighted by Gasteiger charge is 2.08. The van der Waals surface area contributed by atoms with Crippen LogP contribution in [0.1, 0.15) is 16.0 Å². The van der Waals surface area contributed by atoms with Crippen LogP contribution in [0.15, 0.2) is 52.9 Å². The number of nitrogens with one attached hydrogen (secondary N) is 2. The van der Waals surface area contributed by atoms with Crippen molar-refractivity contribution >= 4 is 47.0 Å². The molecule has 0 unspecified atom stereocenters. The number of thiophene rings is 1. The predicted octanol–water partition coefficient (Wildman–Crippen LogP) is 3.92. The Labute approximate surface area is 171 Å². The van der Waals surface area contributed by atoms with Crippen molar-refractivity contribution in [1.29, 1.82) is 0 Å². The molecule has 2 heterocycles. The minimum Gasteiger partial charge on any atom is -0.364 e. The molecule has 2 N–H and O–H groups in total. The van der Waals surface area contributed by atoms with Gasteiger partial charge in [-0.1, -0.05) is 24.3 Å². The van der Waals surface area contributed by atoms with Crippen LogP contribution in [-0.2, 0) is 13.1 Å². The van der Waals surface area contributed by atoms with Gasteiger partial charge < -0.3 is 15.5 Å².